The molecule has 0 amide bonds. The van der Waals surface area contributed by atoms with Gasteiger partial charge in [-0.1, -0.05) is 35.3 Å². The van der Waals surface area contributed by atoms with Crippen LogP contribution >= 0.6 is 23.2 Å². The average molecular weight is 415 g/mol. The first-order valence-electron chi connectivity index (χ1n) is 8.62. The molecule has 28 heavy (non-hydrogen) atoms. The summed E-state index contributed by atoms with van der Waals surface area (Å²) in [4.78, 5) is 13.2. The van der Waals surface area contributed by atoms with Gasteiger partial charge in [-0.15, -0.1) is 0 Å². The molecule has 0 radical (unpaired) electrons. The molecule has 0 aliphatic carbocycles. The molecule has 4 aromatic rings. The number of halogens is 2. The number of ether oxygens (including phenoxy) is 1. The van der Waals surface area contributed by atoms with E-state index in [2.05, 4.69) is 0 Å². The molecule has 0 unspecified atom stereocenters. The summed E-state index contributed by atoms with van der Waals surface area (Å²) in [6.45, 7) is 3.92. The van der Waals surface area contributed by atoms with Crippen LogP contribution < -0.4 is 10.2 Å². The fourth-order valence-corrected chi connectivity index (χ4v) is 3.59. The molecule has 0 aliphatic heterocycles. The third-order valence-electron chi connectivity index (χ3n) is 4.41. The summed E-state index contributed by atoms with van der Waals surface area (Å²) < 4.78 is 17.4. The molecular weight excluding hydrogens is 399 g/mol. The number of rotatable bonds is 4. The van der Waals surface area contributed by atoms with Crippen LogP contribution in [0.3, 0.4) is 0 Å². The highest BCUT2D eigenvalue weighted by atomic mass is 35.5. The Morgan fingerprint density at radius 1 is 1.07 bits per heavy atom. The summed E-state index contributed by atoms with van der Waals surface area (Å²) in [6.07, 6.45) is 1.52. The Hall–Kier alpha value is -2.69. The predicted octanol–water partition coefficient (Wildman–Crippen LogP) is 6.56. The van der Waals surface area contributed by atoms with E-state index in [-0.39, 0.29) is 23.5 Å². The third kappa shape index (κ3) is 3.41. The Kier molecular flexibility index (Phi) is 4.92. The molecule has 6 heteroatoms. The number of furan rings is 1. The van der Waals surface area contributed by atoms with E-state index >= 15 is 0 Å². The largest absolute Gasteiger partial charge is 0.481 e. The van der Waals surface area contributed by atoms with Gasteiger partial charge in [-0.3, -0.25) is 4.79 Å². The first-order valence-corrected chi connectivity index (χ1v) is 9.38. The zero-order valence-electron chi connectivity index (χ0n) is 15.2. The van der Waals surface area contributed by atoms with Gasteiger partial charge in [0.15, 0.2) is 5.76 Å². The Morgan fingerprint density at radius 3 is 2.61 bits per heavy atom. The van der Waals surface area contributed by atoms with E-state index < -0.39 is 0 Å². The van der Waals surface area contributed by atoms with Crippen LogP contribution in [0.1, 0.15) is 16.7 Å². The van der Waals surface area contributed by atoms with Crippen LogP contribution in [0.2, 0.25) is 10.0 Å². The van der Waals surface area contributed by atoms with Gasteiger partial charge < -0.3 is 13.6 Å². The van der Waals surface area contributed by atoms with Crippen LogP contribution in [-0.2, 0) is 6.61 Å². The summed E-state index contributed by atoms with van der Waals surface area (Å²) >= 11 is 12.2. The van der Waals surface area contributed by atoms with Crippen molar-refractivity contribution >= 4 is 34.2 Å². The van der Waals surface area contributed by atoms with Crippen LogP contribution in [0.15, 0.2) is 62.4 Å². The lowest BCUT2D eigenvalue weighted by atomic mass is 10.1. The van der Waals surface area contributed by atoms with Gasteiger partial charge >= 0.3 is 0 Å². The van der Waals surface area contributed by atoms with E-state index in [0.29, 0.717) is 32.3 Å². The maximum absolute atomic E-state index is 13.2. The predicted molar refractivity (Wildman–Crippen MR) is 110 cm³/mol. The van der Waals surface area contributed by atoms with Gasteiger partial charge in [-0.2, -0.15) is 0 Å². The van der Waals surface area contributed by atoms with Crippen LogP contribution in [0, 0.1) is 13.8 Å². The lowest BCUT2D eigenvalue weighted by molar-refractivity contribution is 0.296. The minimum Gasteiger partial charge on any atom is -0.481 e. The lowest BCUT2D eigenvalue weighted by Gasteiger charge is -2.12. The standard InChI is InChI=1S/C22H16Cl2O4/c1-12-8-13(2)20-16(9-12)19(25)22(21(28-20)18-4-3-7-26-18)27-11-14-5-6-15(23)10-17(14)24/h3-10H,11H2,1-2H3. The Balaban J connectivity index is 1.86. The van der Waals surface area contributed by atoms with Crippen LogP contribution in [0.25, 0.3) is 22.5 Å². The van der Waals surface area contributed by atoms with E-state index in [0.717, 1.165) is 11.1 Å². The van der Waals surface area contributed by atoms with Gasteiger partial charge in [0, 0.05) is 15.6 Å². The smallest absolute Gasteiger partial charge is 0.235 e. The van der Waals surface area contributed by atoms with Crippen molar-refractivity contribution in [2.24, 2.45) is 0 Å². The molecule has 0 atom stereocenters. The topological polar surface area (TPSA) is 52.6 Å². The number of fused-ring (bicyclic) bond motifs is 1. The molecular formula is C22H16Cl2O4. The highest BCUT2D eigenvalue weighted by Gasteiger charge is 2.21. The van der Waals surface area contributed by atoms with Crippen molar-refractivity contribution in [3.05, 3.63) is 85.7 Å². The Labute approximate surface area is 171 Å². The summed E-state index contributed by atoms with van der Waals surface area (Å²) in [5, 5.41) is 1.45. The number of aryl methyl sites for hydroxylation is 2. The number of hydrogen-bond donors (Lipinski definition) is 0. The molecule has 2 aromatic heterocycles. The van der Waals surface area contributed by atoms with Crippen molar-refractivity contribution in [2.45, 2.75) is 20.5 Å². The lowest BCUT2D eigenvalue weighted by Crippen LogP contribution is -2.11. The highest BCUT2D eigenvalue weighted by Crippen LogP contribution is 2.33. The highest BCUT2D eigenvalue weighted by molar-refractivity contribution is 6.35. The van der Waals surface area contributed by atoms with Crippen molar-refractivity contribution in [3.8, 4) is 17.3 Å². The van der Waals surface area contributed by atoms with Crippen molar-refractivity contribution in [2.75, 3.05) is 0 Å². The molecule has 0 N–H and O–H groups in total. The maximum Gasteiger partial charge on any atom is 0.235 e. The Morgan fingerprint density at radius 2 is 1.89 bits per heavy atom. The van der Waals surface area contributed by atoms with Crippen molar-refractivity contribution < 1.29 is 13.6 Å². The minimum atomic E-state index is -0.260. The van der Waals surface area contributed by atoms with E-state index in [1.165, 1.54) is 6.26 Å². The van der Waals surface area contributed by atoms with Crippen LogP contribution in [0.5, 0.6) is 5.75 Å². The Bertz CT molecular complexity index is 1220. The molecule has 142 valence electrons. The number of benzene rings is 2. The molecule has 0 fully saturated rings. The second-order valence-electron chi connectivity index (χ2n) is 6.55. The van der Waals surface area contributed by atoms with Gasteiger partial charge in [-0.05, 0) is 55.3 Å². The minimum absolute atomic E-state index is 0.0819. The number of hydrogen-bond acceptors (Lipinski definition) is 4. The fraction of sp³-hybridized carbons (Fsp3) is 0.136. The monoisotopic (exact) mass is 414 g/mol. The average Bonchev–Trinajstić information content (AvgIpc) is 3.17. The van der Waals surface area contributed by atoms with Crippen molar-refractivity contribution in [1.82, 2.24) is 0 Å². The molecule has 4 rings (SSSR count). The molecule has 0 aliphatic rings. The maximum atomic E-state index is 13.2. The van der Waals surface area contributed by atoms with Gasteiger partial charge in [0.1, 0.15) is 12.2 Å². The second kappa shape index (κ2) is 7.38. The first kappa shape index (κ1) is 18.7. The molecule has 4 nitrogen and oxygen atoms in total. The van der Waals surface area contributed by atoms with E-state index in [1.54, 1.807) is 36.4 Å². The molecule has 0 saturated heterocycles. The van der Waals surface area contributed by atoms with Gasteiger partial charge in [0.05, 0.1) is 11.6 Å². The summed E-state index contributed by atoms with van der Waals surface area (Å²) in [6, 6.07) is 12.3. The van der Waals surface area contributed by atoms with Gasteiger partial charge in [0.2, 0.25) is 16.9 Å². The third-order valence-corrected chi connectivity index (χ3v) is 5.00. The summed E-state index contributed by atoms with van der Waals surface area (Å²) in [5.41, 5.74) is 2.79. The van der Waals surface area contributed by atoms with Crippen LogP contribution in [-0.4, -0.2) is 0 Å². The molecule has 0 saturated carbocycles. The van der Waals surface area contributed by atoms with Gasteiger partial charge in [0.25, 0.3) is 0 Å². The van der Waals surface area contributed by atoms with Crippen LogP contribution in [0.4, 0.5) is 0 Å². The molecule has 2 aromatic carbocycles. The van der Waals surface area contributed by atoms with Crippen molar-refractivity contribution in [1.29, 1.82) is 0 Å². The molecule has 0 bridgehead atoms. The van der Waals surface area contributed by atoms with E-state index in [9.17, 15) is 4.79 Å². The van der Waals surface area contributed by atoms with E-state index in [4.69, 9.17) is 36.8 Å². The molecule has 0 spiro atoms. The molecule has 2 heterocycles. The summed E-state index contributed by atoms with van der Waals surface area (Å²) in [7, 11) is 0. The van der Waals surface area contributed by atoms with Crippen molar-refractivity contribution in [3.63, 3.8) is 0 Å². The van der Waals surface area contributed by atoms with Gasteiger partial charge in [-0.25, -0.2) is 0 Å². The zero-order valence-corrected chi connectivity index (χ0v) is 16.7. The second-order valence-corrected chi connectivity index (χ2v) is 7.39. The SMILES string of the molecule is Cc1cc(C)c2oc(-c3ccco3)c(OCc3ccc(Cl)cc3Cl)c(=O)c2c1. The fourth-order valence-electron chi connectivity index (χ4n) is 3.12. The quantitative estimate of drug-likeness (QED) is 0.379. The zero-order chi connectivity index (χ0) is 19.8. The van der Waals surface area contributed by atoms with E-state index in [1.807, 2.05) is 19.9 Å². The summed E-state index contributed by atoms with van der Waals surface area (Å²) in [5.74, 6) is 0.745. The normalized spacial score (nSPS) is 11.1. The first-order chi connectivity index (χ1) is 13.4.